The summed E-state index contributed by atoms with van der Waals surface area (Å²) in [5.41, 5.74) is 1.23. The molecule has 1 aromatic heterocycles. The third-order valence-corrected chi connectivity index (χ3v) is 5.46. The van der Waals surface area contributed by atoms with Gasteiger partial charge in [0.1, 0.15) is 5.92 Å². The highest BCUT2D eigenvalue weighted by atomic mass is 32.2. The summed E-state index contributed by atoms with van der Waals surface area (Å²) in [5.74, 6) is -2.45. The highest BCUT2D eigenvalue weighted by Crippen LogP contribution is 2.23. The van der Waals surface area contributed by atoms with Gasteiger partial charge < -0.3 is 4.90 Å². The van der Waals surface area contributed by atoms with E-state index in [4.69, 9.17) is 0 Å². The predicted octanol–water partition coefficient (Wildman–Crippen LogP) is 3.60. The minimum Gasteiger partial charge on any atom is -0.308 e. The third-order valence-electron chi connectivity index (χ3n) is 4.48. The van der Waals surface area contributed by atoms with E-state index in [0.29, 0.717) is 11.3 Å². The molecule has 1 unspecified atom stereocenters. The van der Waals surface area contributed by atoms with Gasteiger partial charge in [0.25, 0.3) is 10.0 Å². The molecule has 7 nitrogen and oxygen atoms in total. The first-order valence-corrected chi connectivity index (χ1v) is 11.7. The maximum Gasteiger partial charge on any atom is 0.257 e. The number of rotatable bonds is 9. The van der Waals surface area contributed by atoms with Crippen LogP contribution in [0, 0.1) is 11.8 Å². The Morgan fingerprint density at radius 2 is 1.74 bits per heavy atom. The molecule has 1 N–H and O–H groups in total. The van der Waals surface area contributed by atoms with Crippen molar-refractivity contribution in [3.8, 4) is 0 Å². The molecule has 0 saturated heterocycles. The molecule has 2 aromatic rings. The van der Waals surface area contributed by atoms with Crippen LogP contribution in [-0.2, 0) is 19.6 Å². The number of nitrogens with one attached hydrogen (secondary N) is 1. The van der Waals surface area contributed by atoms with Crippen LogP contribution in [0.2, 0.25) is 0 Å². The number of carbonyl (C=O) groups excluding carboxylic acids is 2. The molecule has 2 amide bonds. The van der Waals surface area contributed by atoms with Gasteiger partial charge in [-0.3, -0.25) is 14.6 Å². The molecule has 0 radical (unpaired) electrons. The lowest BCUT2D eigenvalue weighted by molar-refractivity contribution is -0.133. The van der Waals surface area contributed by atoms with Gasteiger partial charge >= 0.3 is 0 Å². The highest BCUT2D eigenvalue weighted by molar-refractivity contribution is 7.93. The van der Waals surface area contributed by atoms with E-state index in [1.807, 2.05) is 38.5 Å². The number of hydrogen-bond donors (Lipinski definition) is 1. The van der Waals surface area contributed by atoms with Gasteiger partial charge in [-0.2, -0.15) is 0 Å². The lowest BCUT2D eigenvalue weighted by atomic mass is 9.94. The van der Waals surface area contributed by atoms with Crippen molar-refractivity contribution in [3.05, 3.63) is 65.8 Å². The van der Waals surface area contributed by atoms with Crippen molar-refractivity contribution < 1.29 is 18.0 Å². The fourth-order valence-electron chi connectivity index (χ4n) is 3.11. The molecule has 0 bridgehead atoms. The molecule has 2 rings (SSSR count). The van der Waals surface area contributed by atoms with Gasteiger partial charge in [0.05, 0.1) is 17.3 Å². The molecular formula is C23H29N3O4S. The Kier molecular flexibility index (Phi) is 8.50. The van der Waals surface area contributed by atoms with E-state index in [0.717, 1.165) is 5.41 Å². The molecule has 0 spiro atoms. The minimum absolute atomic E-state index is 0.00479. The van der Waals surface area contributed by atoms with E-state index in [2.05, 4.69) is 4.98 Å². The van der Waals surface area contributed by atoms with E-state index in [1.54, 1.807) is 48.8 Å². The SMILES string of the molecule is CC(C)CC(C(=O)NS(=O)(=O)C=Cc1ccccc1)C(=O)N(c1cccnc1)C(C)C. The Labute approximate surface area is 184 Å². The van der Waals surface area contributed by atoms with Crippen molar-refractivity contribution in [3.63, 3.8) is 0 Å². The predicted molar refractivity (Wildman–Crippen MR) is 122 cm³/mol. The zero-order chi connectivity index (χ0) is 23.0. The number of aromatic nitrogens is 1. The molecule has 0 aliphatic heterocycles. The second-order valence-electron chi connectivity index (χ2n) is 7.92. The number of pyridine rings is 1. The number of anilines is 1. The largest absolute Gasteiger partial charge is 0.308 e. The van der Waals surface area contributed by atoms with Gasteiger partial charge in [0.15, 0.2) is 0 Å². The Bertz CT molecular complexity index is 1000. The topological polar surface area (TPSA) is 96.4 Å². The lowest BCUT2D eigenvalue weighted by Crippen LogP contribution is -2.48. The summed E-state index contributed by atoms with van der Waals surface area (Å²) < 4.78 is 26.9. The summed E-state index contributed by atoms with van der Waals surface area (Å²) in [5, 5.41) is 0.929. The fraction of sp³-hybridized carbons (Fsp3) is 0.348. The zero-order valence-corrected chi connectivity index (χ0v) is 19.0. The van der Waals surface area contributed by atoms with Gasteiger partial charge in [-0.15, -0.1) is 0 Å². The lowest BCUT2D eigenvalue weighted by Gasteiger charge is -2.30. The summed E-state index contributed by atoms with van der Waals surface area (Å²) in [6.45, 7) is 7.41. The van der Waals surface area contributed by atoms with Gasteiger partial charge in [-0.25, -0.2) is 13.1 Å². The van der Waals surface area contributed by atoms with Crippen LogP contribution < -0.4 is 9.62 Å². The van der Waals surface area contributed by atoms with Crippen LogP contribution in [0.25, 0.3) is 6.08 Å². The van der Waals surface area contributed by atoms with E-state index >= 15 is 0 Å². The monoisotopic (exact) mass is 443 g/mol. The molecule has 166 valence electrons. The van der Waals surface area contributed by atoms with Crippen molar-refractivity contribution >= 4 is 33.6 Å². The Morgan fingerprint density at radius 1 is 1.06 bits per heavy atom. The number of amides is 2. The van der Waals surface area contributed by atoms with Gasteiger partial charge in [-0.1, -0.05) is 44.2 Å². The molecule has 0 fully saturated rings. The number of hydrogen-bond acceptors (Lipinski definition) is 5. The Hall–Kier alpha value is -3.00. The van der Waals surface area contributed by atoms with E-state index in [-0.39, 0.29) is 18.4 Å². The molecule has 1 heterocycles. The van der Waals surface area contributed by atoms with Crippen LogP contribution in [0.1, 0.15) is 39.7 Å². The highest BCUT2D eigenvalue weighted by Gasteiger charge is 2.34. The number of carbonyl (C=O) groups is 2. The number of nitrogens with zero attached hydrogens (tertiary/aromatic N) is 2. The van der Waals surface area contributed by atoms with Crippen LogP contribution in [0.5, 0.6) is 0 Å². The fourth-order valence-corrected chi connectivity index (χ4v) is 3.94. The smallest absolute Gasteiger partial charge is 0.257 e. The molecule has 0 aliphatic carbocycles. The third kappa shape index (κ3) is 7.32. The summed E-state index contributed by atoms with van der Waals surface area (Å²) in [6, 6.07) is 12.1. The summed E-state index contributed by atoms with van der Waals surface area (Å²) >= 11 is 0. The summed E-state index contributed by atoms with van der Waals surface area (Å²) in [4.78, 5) is 31.8. The molecule has 1 atom stereocenters. The van der Waals surface area contributed by atoms with Crippen LogP contribution in [0.15, 0.2) is 60.3 Å². The second-order valence-corrected chi connectivity index (χ2v) is 9.49. The average molecular weight is 444 g/mol. The second kappa shape index (κ2) is 10.9. The van der Waals surface area contributed by atoms with Crippen molar-refractivity contribution in [2.75, 3.05) is 4.90 Å². The standard InChI is InChI=1S/C23H29N3O4S/c1-17(2)15-21(23(28)26(18(3)4)20-11-8-13-24-16-20)22(27)25-31(29,30)14-12-19-9-6-5-7-10-19/h5-14,16-18,21H,15H2,1-4H3,(H,25,27). The summed E-state index contributed by atoms with van der Waals surface area (Å²) in [7, 11) is -4.07. The maximum atomic E-state index is 13.4. The first-order valence-electron chi connectivity index (χ1n) is 10.1. The number of benzene rings is 1. The summed E-state index contributed by atoms with van der Waals surface area (Å²) in [6.07, 6.45) is 4.75. The van der Waals surface area contributed by atoms with Crippen LogP contribution in [-0.4, -0.2) is 31.3 Å². The minimum atomic E-state index is -4.07. The average Bonchev–Trinajstić information content (AvgIpc) is 2.71. The molecule has 0 aliphatic rings. The molecule has 8 heteroatoms. The number of sulfonamides is 1. The normalized spacial score (nSPS) is 12.8. The molecular weight excluding hydrogens is 414 g/mol. The van der Waals surface area contributed by atoms with Gasteiger partial charge in [0, 0.05) is 12.2 Å². The Balaban J connectivity index is 2.26. The first kappa shape index (κ1) is 24.3. The van der Waals surface area contributed by atoms with Crippen LogP contribution in [0.4, 0.5) is 5.69 Å². The van der Waals surface area contributed by atoms with E-state index < -0.39 is 27.8 Å². The van der Waals surface area contributed by atoms with Crippen molar-refractivity contribution in [1.82, 2.24) is 9.71 Å². The quantitative estimate of drug-likeness (QED) is 0.597. The van der Waals surface area contributed by atoms with Gasteiger partial charge in [0.2, 0.25) is 11.8 Å². The van der Waals surface area contributed by atoms with Crippen LogP contribution >= 0.6 is 0 Å². The first-order chi connectivity index (χ1) is 14.6. The van der Waals surface area contributed by atoms with Crippen molar-refractivity contribution in [2.45, 2.75) is 40.2 Å². The maximum absolute atomic E-state index is 13.4. The molecule has 31 heavy (non-hydrogen) atoms. The molecule has 1 aromatic carbocycles. The molecule has 0 saturated carbocycles. The zero-order valence-electron chi connectivity index (χ0n) is 18.2. The van der Waals surface area contributed by atoms with E-state index in [9.17, 15) is 18.0 Å². The van der Waals surface area contributed by atoms with Crippen molar-refractivity contribution in [1.29, 1.82) is 0 Å². The Morgan fingerprint density at radius 3 is 2.29 bits per heavy atom. The van der Waals surface area contributed by atoms with Crippen LogP contribution in [0.3, 0.4) is 0 Å². The van der Waals surface area contributed by atoms with Crippen molar-refractivity contribution in [2.24, 2.45) is 11.8 Å². The van der Waals surface area contributed by atoms with Gasteiger partial charge in [-0.05, 0) is 50.0 Å². The van der Waals surface area contributed by atoms with E-state index in [1.165, 1.54) is 11.0 Å².